The molecule has 1 fully saturated rings. The molecule has 2 aromatic heterocycles. The van der Waals surface area contributed by atoms with Crippen LogP contribution in [0.15, 0.2) is 41.1 Å². The summed E-state index contributed by atoms with van der Waals surface area (Å²) in [6.07, 6.45) is 3.42. The zero-order chi connectivity index (χ0) is 21.1. The Hall–Kier alpha value is -2.77. The predicted molar refractivity (Wildman–Crippen MR) is 113 cm³/mol. The molecule has 3 aromatic rings. The number of carbonyl (C=O) groups is 1. The Bertz CT molecular complexity index is 1030. The number of piperidine rings is 1. The highest BCUT2D eigenvalue weighted by Crippen LogP contribution is 2.35. The van der Waals surface area contributed by atoms with E-state index in [-0.39, 0.29) is 18.4 Å². The molecule has 30 heavy (non-hydrogen) atoms. The number of halogens is 1. The Labute approximate surface area is 180 Å². The summed E-state index contributed by atoms with van der Waals surface area (Å²) < 4.78 is 10.5. The Morgan fingerprint density at radius 1 is 1.27 bits per heavy atom. The number of hydrogen-bond donors (Lipinski definition) is 0. The summed E-state index contributed by atoms with van der Waals surface area (Å²) in [6, 6.07) is 9.36. The van der Waals surface area contributed by atoms with Gasteiger partial charge in [0.2, 0.25) is 5.91 Å². The fourth-order valence-corrected chi connectivity index (χ4v) is 3.87. The third kappa shape index (κ3) is 4.37. The smallest absolute Gasteiger partial charge is 0.248 e. The van der Waals surface area contributed by atoms with Gasteiger partial charge in [-0.3, -0.25) is 4.79 Å². The van der Waals surface area contributed by atoms with E-state index < -0.39 is 0 Å². The maximum atomic E-state index is 12.1. The van der Waals surface area contributed by atoms with Gasteiger partial charge in [-0.2, -0.15) is 0 Å². The molecule has 0 bridgehead atoms. The van der Waals surface area contributed by atoms with E-state index in [2.05, 4.69) is 10.1 Å². The summed E-state index contributed by atoms with van der Waals surface area (Å²) in [6.45, 7) is 3.33. The molecule has 7 nitrogen and oxygen atoms in total. The van der Waals surface area contributed by atoms with Crippen molar-refractivity contribution in [1.29, 1.82) is 0 Å². The zero-order valence-electron chi connectivity index (χ0n) is 17.0. The Morgan fingerprint density at radius 2 is 2.00 bits per heavy atom. The van der Waals surface area contributed by atoms with Crippen molar-refractivity contribution < 1.29 is 14.1 Å². The van der Waals surface area contributed by atoms with Gasteiger partial charge in [0.1, 0.15) is 6.61 Å². The van der Waals surface area contributed by atoms with Gasteiger partial charge in [0.25, 0.3) is 0 Å². The van der Waals surface area contributed by atoms with Crippen molar-refractivity contribution in [2.75, 3.05) is 26.8 Å². The van der Waals surface area contributed by atoms with Crippen LogP contribution in [0.3, 0.4) is 0 Å². The maximum absolute atomic E-state index is 12.1. The van der Waals surface area contributed by atoms with Crippen LogP contribution in [0.25, 0.3) is 22.7 Å². The third-order valence-corrected chi connectivity index (χ3v) is 5.57. The number of likely N-dealkylation sites (tertiary alicyclic amines) is 1. The standard InChI is InChI=1S/C22H23ClN4O3/c1-14-11-19(30-26-14)18-12-24-22(16-3-5-17(23)6-4-16)25-21(18)15-7-9-27(10-8-15)20(28)13-29-2/h3-6,11-12,15H,7-10,13H2,1-2H3. The van der Waals surface area contributed by atoms with Crippen LogP contribution in [0, 0.1) is 6.92 Å². The summed E-state index contributed by atoms with van der Waals surface area (Å²) in [5, 5.41) is 4.68. The van der Waals surface area contributed by atoms with Gasteiger partial charge >= 0.3 is 0 Å². The number of nitrogens with zero attached hydrogens (tertiary/aromatic N) is 4. The highest BCUT2D eigenvalue weighted by molar-refractivity contribution is 6.30. The van der Waals surface area contributed by atoms with Gasteiger partial charge in [0, 0.05) is 49.0 Å². The largest absolute Gasteiger partial charge is 0.375 e. The summed E-state index contributed by atoms with van der Waals surface area (Å²) in [5.41, 5.74) is 3.46. The Kier molecular flexibility index (Phi) is 6.11. The number of aromatic nitrogens is 3. The highest BCUT2D eigenvalue weighted by Gasteiger charge is 2.28. The Morgan fingerprint density at radius 3 is 2.63 bits per heavy atom. The predicted octanol–water partition coefficient (Wildman–Crippen LogP) is 4.11. The molecule has 1 aliphatic rings. The quantitative estimate of drug-likeness (QED) is 0.610. The average molecular weight is 427 g/mol. The maximum Gasteiger partial charge on any atom is 0.248 e. The van der Waals surface area contributed by atoms with Crippen molar-refractivity contribution in [2.24, 2.45) is 0 Å². The van der Waals surface area contributed by atoms with Crippen LogP contribution in [0.2, 0.25) is 5.02 Å². The lowest BCUT2D eigenvalue weighted by Gasteiger charge is -2.32. The fraction of sp³-hybridized carbons (Fsp3) is 0.364. The number of carbonyl (C=O) groups excluding carboxylic acids is 1. The molecule has 0 spiro atoms. The van der Waals surface area contributed by atoms with Gasteiger partial charge < -0.3 is 14.2 Å². The Balaban J connectivity index is 1.66. The summed E-state index contributed by atoms with van der Waals surface area (Å²) in [7, 11) is 1.54. The van der Waals surface area contributed by atoms with Crippen LogP contribution in [-0.2, 0) is 9.53 Å². The van der Waals surface area contributed by atoms with E-state index in [0.29, 0.717) is 29.7 Å². The lowest BCUT2D eigenvalue weighted by molar-refractivity contribution is -0.136. The first-order valence-corrected chi connectivity index (χ1v) is 10.3. The van der Waals surface area contributed by atoms with E-state index in [1.54, 1.807) is 6.20 Å². The van der Waals surface area contributed by atoms with Crippen molar-refractivity contribution in [1.82, 2.24) is 20.0 Å². The first kappa shape index (κ1) is 20.5. The molecule has 0 unspecified atom stereocenters. The molecule has 1 aromatic carbocycles. The molecule has 0 saturated carbocycles. The van der Waals surface area contributed by atoms with Gasteiger partial charge in [0.15, 0.2) is 11.6 Å². The molecule has 0 atom stereocenters. The molecular formula is C22H23ClN4O3. The van der Waals surface area contributed by atoms with Crippen molar-refractivity contribution in [3.05, 3.63) is 52.9 Å². The fourth-order valence-electron chi connectivity index (χ4n) is 3.74. The average Bonchev–Trinajstić information content (AvgIpc) is 3.20. The number of hydrogen-bond acceptors (Lipinski definition) is 6. The van der Waals surface area contributed by atoms with Gasteiger partial charge in [0.05, 0.1) is 17.0 Å². The number of aryl methyl sites for hydroxylation is 1. The second kappa shape index (κ2) is 8.93. The van der Waals surface area contributed by atoms with E-state index in [1.165, 1.54) is 7.11 Å². The molecule has 156 valence electrons. The summed E-state index contributed by atoms with van der Waals surface area (Å²) >= 11 is 6.02. The van der Waals surface area contributed by atoms with Crippen molar-refractivity contribution in [3.8, 4) is 22.7 Å². The molecule has 8 heteroatoms. The summed E-state index contributed by atoms with van der Waals surface area (Å²) in [5.74, 6) is 1.50. The molecule has 0 radical (unpaired) electrons. The number of benzene rings is 1. The third-order valence-electron chi connectivity index (χ3n) is 5.32. The summed E-state index contributed by atoms with van der Waals surface area (Å²) in [4.78, 5) is 23.5. The molecule has 1 aliphatic heterocycles. The van der Waals surface area contributed by atoms with E-state index in [9.17, 15) is 4.79 Å². The van der Waals surface area contributed by atoms with Crippen LogP contribution in [0.5, 0.6) is 0 Å². The first-order chi connectivity index (χ1) is 14.5. The number of rotatable bonds is 5. The van der Waals surface area contributed by atoms with Crippen molar-refractivity contribution in [3.63, 3.8) is 0 Å². The monoisotopic (exact) mass is 426 g/mol. The normalized spacial score (nSPS) is 14.8. The van der Waals surface area contributed by atoms with Crippen molar-refractivity contribution in [2.45, 2.75) is 25.7 Å². The number of ether oxygens (including phenoxy) is 1. The molecule has 1 amide bonds. The van der Waals surface area contributed by atoms with Gasteiger partial charge in [-0.05, 0) is 44.0 Å². The lowest BCUT2D eigenvalue weighted by atomic mass is 9.90. The topological polar surface area (TPSA) is 81.4 Å². The molecule has 4 rings (SSSR count). The second-order valence-corrected chi connectivity index (χ2v) is 7.86. The van der Waals surface area contributed by atoms with E-state index in [1.807, 2.05) is 42.2 Å². The van der Waals surface area contributed by atoms with Crippen LogP contribution in [0.4, 0.5) is 0 Å². The van der Waals surface area contributed by atoms with Crippen LogP contribution < -0.4 is 0 Å². The lowest BCUT2D eigenvalue weighted by Crippen LogP contribution is -2.40. The van der Waals surface area contributed by atoms with E-state index >= 15 is 0 Å². The minimum Gasteiger partial charge on any atom is -0.375 e. The molecular weight excluding hydrogens is 404 g/mol. The number of amides is 1. The second-order valence-electron chi connectivity index (χ2n) is 7.42. The van der Waals surface area contributed by atoms with Crippen molar-refractivity contribution >= 4 is 17.5 Å². The SMILES string of the molecule is COCC(=O)N1CCC(c2nc(-c3ccc(Cl)cc3)ncc2-c2cc(C)no2)CC1. The van der Waals surface area contributed by atoms with Crippen LogP contribution in [-0.4, -0.2) is 52.7 Å². The van der Waals surface area contributed by atoms with Gasteiger partial charge in [-0.1, -0.05) is 16.8 Å². The molecule has 0 N–H and O–H groups in total. The molecule has 3 heterocycles. The highest BCUT2D eigenvalue weighted by atomic mass is 35.5. The number of methoxy groups -OCH3 is 1. The minimum absolute atomic E-state index is 0.0200. The first-order valence-electron chi connectivity index (χ1n) is 9.88. The zero-order valence-corrected chi connectivity index (χ0v) is 17.7. The minimum atomic E-state index is 0.0200. The van der Waals surface area contributed by atoms with E-state index in [4.69, 9.17) is 25.8 Å². The molecule has 0 aliphatic carbocycles. The van der Waals surface area contributed by atoms with Crippen LogP contribution >= 0.6 is 11.6 Å². The van der Waals surface area contributed by atoms with Gasteiger partial charge in [-0.25, -0.2) is 9.97 Å². The van der Waals surface area contributed by atoms with E-state index in [0.717, 1.165) is 35.4 Å². The van der Waals surface area contributed by atoms with Gasteiger partial charge in [-0.15, -0.1) is 0 Å². The van der Waals surface area contributed by atoms with Crippen LogP contribution in [0.1, 0.15) is 30.1 Å². The molecule has 1 saturated heterocycles.